The predicted octanol–water partition coefficient (Wildman–Crippen LogP) is 2.00. The molecule has 0 unspecified atom stereocenters. The molecule has 0 bridgehead atoms. The third-order valence-corrected chi connectivity index (χ3v) is 7.41. The molecule has 0 heterocycles. The van der Waals surface area contributed by atoms with Gasteiger partial charge in [0.2, 0.25) is 0 Å². The van der Waals surface area contributed by atoms with Gasteiger partial charge in [-0.25, -0.2) is 0 Å². The van der Waals surface area contributed by atoms with Gasteiger partial charge in [0.25, 0.3) is 30.4 Å². The van der Waals surface area contributed by atoms with Gasteiger partial charge < -0.3 is 21.7 Å². The topological polar surface area (TPSA) is 256 Å². The zero-order chi connectivity index (χ0) is 27.2. The van der Waals surface area contributed by atoms with Crippen LogP contribution in [0.25, 0.3) is 21.5 Å². The molecule has 9 N–H and O–H groups in total. The Balaban J connectivity index is 0.000000205. The zero-order valence-electron chi connectivity index (χ0n) is 17.8. The lowest BCUT2D eigenvalue weighted by Crippen LogP contribution is -2.03. The molecular formula is C20H18N2O11S3. The maximum atomic E-state index is 11.1. The summed E-state index contributed by atoms with van der Waals surface area (Å²) in [6.07, 6.45) is 0. The molecule has 16 heteroatoms. The zero-order valence-corrected chi connectivity index (χ0v) is 20.2. The molecule has 0 aliphatic heterocycles. The molecule has 0 saturated carbocycles. The molecule has 0 radical (unpaired) electrons. The number of phenols is 2. The molecule has 0 atom stereocenters. The maximum Gasteiger partial charge on any atom is 0.296 e. The first-order chi connectivity index (χ1) is 16.4. The van der Waals surface area contributed by atoms with Crippen molar-refractivity contribution in [2.75, 3.05) is 11.5 Å². The van der Waals surface area contributed by atoms with E-state index in [0.29, 0.717) is 16.5 Å². The Morgan fingerprint density at radius 2 is 1.03 bits per heavy atom. The van der Waals surface area contributed by atoms with Crippen LogP contribution in [0.1, 0.15) is 0 Å². The Hall–Kier alpha value is -3.67. The second-order valence-corrected chi connectivity index (χ2v) is 11.6. The Kier molecular flexibility index (Phi) is 6.79. The van der Waals surface area contributed by atoms with Crippen molar-refractivity contribution in [3.63, 3.8) is 0 Å². The summed E-state index contributed by atoms with van der Waals surface area (Å²) in [5.41, 5.74) is 11.1. The van der Waals surface area contributed by atoms with Crippen molar-refractivity contribution in [1.82, 2.24) is 0 Å². The lowest BCUT2D eigenvalue weighted by molar-refractivity contribution is 0.470. The Labute approximate surface area is 204 Å². The van der Waals surface area contributed by atoms with Gasteiger partial charge in [-0.1, -0.05) is 6.07 Å². The lowest BCUT2D eigenvalue weighted by Gasteiger charge is -2.08. The average Bonchev–Trinajstić information content (AvgIpc) is 2.72. The van der Waals surface area contributed by atoms with E-state index in [9.17, 15) is 35.5 Å². The fourth-order valence-corrected chi connectivity index (χ4v) is 4.92. The molecule has 4 aromatic rings. The van der Waals surface area contributed by atoms with E-state index in [4.69, 9.17) is 25.1 Å². The van der Waals surface area contributed by atoms with Crippen LogP contribution in [-0.4, -0.2) is 49.1 Å². The minimum absolute atomic E-state index is 0.0283. The fraction of sp³-hybridized carbons (Fsp3) is 0. The van der Waals surface area contributed by atoms with E-state index in [2.05, 4.69) is 0 Å². The summed E-state index contributed by atoms with van der Waals surface area (Å²) in [7, 11) is -13.5. The minimum atomic E-state index is -4.60. The molecule has 0 aromatic heterocycles. The van der Waals surface area contributed by atoms with Crippen LogP contribution in [0.3, 0.4) is 0 Å². The Morgan fingerprint density at radius 1 is 0.556 bits per heavy atom. The number of benzene rings is 4. The van der Waals surface area contributed by atoms with Gasteiger partial charge >= 0.3 is 0 Å². The van der Waals surface area contributed by atoms with Crippen LogP contribution >= 0.6 is 0 Å². The van der Waals surface area contributed by atoms with E-state index in [1.165, 1.54) is 12.1 Å². The molecule has 4 aromatic carbocycles. The number of hydrogen-bond donors (Lipinski definition) is 7. The number of fused-ring (bicyclic) bond motifs is 2. The third kappa shape index (κ3) is 5.76. The Bertz CT molecular complexity index is 1850. The molecule has 0 fully saturated rings. The van der Waals surface area contributed by atoms with Crippen LogP contribution in [0.15, 0.2) is 69.3 Å². The van der Waals surface area contributed by atoms with Crippen molar-refractivity contribution < 1.29 is 49.1 Å². The van der Waals surface area contributed by atoms with E-state index in [0.717, 1.165) is 30.3 Å². The van der Waals surface area contributed by atoms with Gasteiger partial charge in [-0.3, -0.25) is 13.7 Å². The quantitative estimate of drug-likeness (QED) is 0.140. The second-order valence-electron chi connectivity index (χ2n) is 7.40. The highest BCUT2D eigenvalue weighted by molar-refractivity contribution is 7.86. The molecule has 0 aliphatic rings. The van der Waals surface area contributed by atoms with Crippen molar-refractivity contribution in [2.45, 2.75) is 14.7 Å². The predicted molar refractivity (Wildman–Crippen MR) is 129 cm³/mol. The lowest BCUT2D eigenvalue weighted by atomic mass is 10.1. The smallest absolute Gasteiger partial charge is 0.296 e. The number of nitrogen functional groups attached to an aromatic ring is 2. The highest BCUT2D eigenvalue weighted by Crippen LogP contribution is 2.33. The summed E-state index contributed by atoms with van der Waals surface area (Å²) in [4.78, 5) is -1.59. The van der Waals surface area contributed by atoms with Gasteiger partial charge in [0.15, 0.2) is 0 Å². The average molecular weight is 559 g/mol. The highest BCUT2D eigenvalue weighted by atomic mass is 32.2. The third-order valence-electron chi connectivity index (χ3n) is 4.84. The monoisotopic (exact) mass is 558 g/mol. The SMILES string of the molecule is Nc1cc2c(O)cc(S(=O)(=O)O)cc2cc1S(=O)(=O)O.Nc1ccc2cc(S(=O)(=O)O)cc(O)c2c1. The van der Waals surface area contributed by atoms with Gasteiger partial charge in [-0.2, -0.15) is 25.3 Å². The highest BCUT2D eigenvalue weighted by Gasteiger charge is 2.19. The summed E-state index contributed by atoms with van der Waals surface area (Å²) in [5.74, 6) is -0.749. The van der Waals surface area contributed by atoms with Crippen molar-refractivity contribution >= 4 is 63.3 Å². The molecular weight excluding hydrogens is 540 g/mol. The number of nitrogens with two attached hydrogens (primary N) is 2. The first-order valence-electron chi connectivity index (χ1n) is 9.39. The molecule has 4 rings (SSSR count). The van der Waals surface area contributed by atoms with Gasteiger partial charge in [-0.05, 0) is 47.2 Å². The summed E-state index contributed by atoms with van der Waals surface area (Å²) in [6, 6.07) is 10.6. The van der Waals surface area contributed by atoms with Crippen molar-refractivity contribution in [3.05, 3.63) is 54.6 Å². The molecule has 13 nitrogen and oxygen atoms in total. The molecule has 0 saturated heterocycles. The molecule has 192 valence electrons. The van der Waals surface area contributed by atoms with Crippen LogP contribution in [0.2, 0.25) is 0 Å². The first kappa shape index (κ1) is 26.9. The van der Waals surface area contributed by atoms with Crippen LogP contribution in [0.5, 0.6) is 11.5 Å². The number of anilines is 2. The first-order valence-corrected chi connectivity index (χ1v) is 13.7. The second kappa shape index (κ2) is 9.08. The molecule has 0 amide bonds. The maximum absolute atomic E-state index is 11.1. The summed E-state index contributed by atoms with van der Waals surface area (Å²) < 4.78 is 92.9. The van der Waals surface area contributed by atoms with E-state index >= 15 is 0 Å². The molecule has 0 aliphatic carbocycles. The number of rotatable bonds is 3. The van der Waals surface area contributed by atoms with Crippen LogP contribution in [0.4, 0.5) is 11.4 Å². The Morgan fingerprint density at radius 3 is 1.50 bits per heavy atom. The van der Waals surface area contributed by atoms with Crippen molar-refractivity contribution in [3.8, 4) is 11.5 Å². The van der Waals surface area contributed by atoms with E-state index in [1.54, 1.807) is 12.1 Å². The van der Waals surface area contributed by atoms with E-state index in [1.807, 2.05) is 0 Å². The summed E-state index contributed by atoms with van der Waals surface area (Å²) >= 11 is 0. The van der Waals surface area contributed by atoms with E-state index in [-0.39, 0.29) is 27.1 Å². The van der Waals surface area contributed by atoms with Gasteiger partial charge in [0, 0.05) is 28.6 Å². The van der Waals surface area contributed by atoms with Gasteiger partial charge in [0.1, 0.15) is 16.4 Å². The van der Waals surface area contributed by atoms with Crippen LogP contribution in [-0.2, 0) is 30.4 Å². The standard InChI is InChI=1S/C10H9NO7S2.C10H9NO4S/c11-8-4-7-5(2-10(8)20(16,17)18)1-6(3-9(7)12)19(13,14)15;11-7-2-1-6-3-8(16(13,14)15)5-10(12)9(6)4-7/h1-4,12H,11H2,(H,13,14,15)(H,16,17,18);1-5,12H,11H2,(H,13,14,15). The van der Waals surface area contributed by atoms with Crippen molar-refractivity contribution in [1.29, 1.82) is 0 Å². The van der Waals surface area contributed by atoms with Gasteiger partial charge in [0.05, 0.1) is 15.5 Å². The van der Waals surface area contributed by atoms with Crippen molar-refractivity contribution in [2.24, 2.45) is 0 Å². The summed E-state index contributed by atoms with van der Waals surface area (Å²) in [6.45, 7) is 0. The van der Waals surface area contributed by atoms with E-state index < -0.39 is 45.9 Å². The normalized spacial score (nSPS) is 12.3. The number of phenolic OH excluding ortho intramolecular Hbond substituents is 2. The largest absolute Gasteiger partial charge is 0.507 e. The molecule has 36 heavy (non-hydrogen) atoms. The van der Waals surface area contributed by atoms with Crippen LogP contribution in [0, 0.1) is 0 Å². The summed E-state index contributed by atoms with van der Waals surface area (Å²) in [5, 5.41) is 20.3. The van der Waals surface area contributed by atoms with Gasteiger partial charge in [-0.15, -0.1) is 0 Å². The van der Waals surface area contributed by atoms with Crippen LogP contribution < -0.4 is 11.5 Å². The molecule has 0 spiro atoms. The fourth-order valence-electron chi connectivity index (χ4n) is 3.21. The minimum Gasteiger partial charge on any atom is -0.507 e. The number of hydrogen-bond acceptors (Lipinski definition) is 10. The number of aromatic hydroxyl groups is 2.